The molecule has 0 aromatic rings. The van der Waals surface area contributed by atoms with Crippen LogP contribution in [-0.4, -0.2) is 31.2 Å². The maximum absolute atomic E-state index is 10.6. The van der Waals surface area contributed by atoms with Gasteiger partial charge < -0.3 is 15.4 Å². The van der Waals surface area contributed by atoms with Crippen LogP contribution in [0, 0.1) is 0 Å². The van der Waals surface area contributed by atoms with Gasteiger partial charge in [-0.05, 0) is 0 Å². The molecule has 0 aliphatic rings. The molecule has 2 N–H and O–H groups in total. The predicted octanol–water partition coefficient (Wildman–Crippen LogP) is -1.56. The monoisotopic (exact) mass is 158 g/mol. The first-order valence-electron chi connectivity index (χ1n) is 3.11. The van der Waals surface area contributed by atoms with Crippen LogP contribution in [0.25, 0.3) is 0 Å². The van der Waals surface area contributed by atoms with Crippen molar-refractivity contribution in [2.24, 2.45) is 0 Å². The topological polar surface area (TPSA) is 75.3 Å². The Labute approximate surface area is 64.1 Å². The summed E-state index contributed by atoms with van der Waals surface area (Å²) in [6, 6.07) is 0. The molecule has 0 saturated heterocycles. The standard InChI is InChI=1S/C6H10N2O3/c1-5(10)8-4-6(11)7-2-3-9/h3H,2,4H2,1H3,(H,7,11)(H,8,10). The van der Waals surface area contributed by atoms with E-state index in [4.69, 9.17) is 0 Å². The van der Waals surface area contributed by atoms with Gasteiger partial charge >= 0.3 is 0 Å². The summed E-state index contributed by atoms with van der Waals surface area (Å²) < 4.78 is 0. The van der Waals surface area contributed by atoms with E-state index in [1.807, 2.05) is 0 Å². The summed E-state index contributed by atoms with van der Waals surface area (Å²) in [5.74, 6) is -0.640. The summed E-state index contributed by atoms with van der Waals surface area (Å²) in [6.45, 7) is 1.22. The van der Waals surface area contributed by atoms with Crippen molar-refractivity contribution in [2.75, 3.05) is 13.1 Å². The molecule has 5 nitrogen and oxygen atoms in total. The van der Waals surface area contributed by atoms with Gasteiger partial charge in [0, 0.05) is 6.92 Å². The second-order valence-corrected chi connectivity index (χ2v) is 1.88. The minimum atomic E-state index is -0.368. The largest absolute Gasteiger partial charge is 0.348 e. The number of aldehydes is 1. The van der Waals surface area contributed by atoms with Gasteiger partial charge in [-0.15, -0.1) is 0 Å². The predicted molar refractivity (Wildman–Crippen MR) is 37.8 cm³/mol. The first-order chi connectivity index (χ1) is 5.16. The van der Waals surface area contributed by atoms with Crippen molar-refractivity contribution in [1.82, 2.24) is 10.6 Å². The smallest absolute Gasteiger partial charge is 0.239 e. The van der Waals surface area contributed by atoms with E-state index in [2.05, 4.69) is 10.6 Å². The fourth-order valence-electron chi connectivity index (χ4n) is 0.423. The lowest BCUT2D eigenvalue weighted by Crippen LogP contribution is -2.36. The molecule has 5 heteroatoms. The number of nitrogens with one attached hydrogen (secondary N) is 2. The van der Waals surface area contributed by atoms with Crippen molar-refractivity contribution in [1.29, 1.82) is 0 Å². The molecular formula is C6H10N2O3. The van der Waals surface area contributed by atoms with Gasteiger partial charge in [-0.3, -0.25) is 9.59 Å². The number of hydrogen-bond donors (Lipinski definition) is 2. The second-order valence-electron chi connectivity index (χ2n) is 1.88. The van der Waals surface area contributed by atoms with E-state index in [1.165, 1.54) is 6.92 Å². The van der Waals surface area contributed by atoms with Crippen LogP contribution in [0.4, 0.5) is 0 Å². The SMILES string of the molecule is CC(=O)NCC(=O)NCC=O. The van der Waals surface area contributed by atoms with Gasteiger partial charge in [0.2, 0.25) is 11.8 Å². The molecule has 0 aromatic heterocycles. The van der Waals surface area contributed by atoms with Crippen LogP contribution in [0.2, 0.25) is 0 Å². The highest BCUT2D eigenvalue weighted by atomic mass is 16.2. The fraction of sp³-hybridized carbons (Fsp3) is 0.500. The van der Waals surface area contributed by atoms with Crippen LogP contribution < -0.4 is 10.6 Å². The van der Waals surface area contributed by atoms with Crippen molar-refractivity contribution < 1.29 is 14.4 Å². The number of rotatable bonds is 4. The van der Waals surface area contributed by atoms with Crippen LogP contribution in [-0.2, 0) is 14.4 Å². The molecule has 0 bridgehead atoms. The van der Waals surface area contributed by atoms with Gasteiger partial charge in [-0.1, -0.05) is 0 Å². The van der Waals surface area contributed by atoms with Gasteiger partial charge in [0.1, 0.15) is 6.29 Å². The average Bonchev–Trinajstić information content (AvgIpc) is 1.97. The molecule has 0 rings (SSSR count). The molecule has 0 saturated carbocycles. The van der Waals surface area contributed by atoms with Crippen molar-refractivity contribution in [2.45, 2.75) is 6.92 Å². The number of hydrogen-bond acceptors (Lipinski definition) is 3. The van der Waals surface area contributed by atoms with Crippen LogP contribution in [0.15, 0.2) is 0 Å². The summed E-state index contributed by atoms with van der Waals surface area (Å²) in [5, 5.41) is 4.55. The van der Waals surface area contributed by atoms with Crippen molar-refractivity contribution in [3.63, 3.8) is 0 Å². The summed E-state index contributed by atoms with van der Waals surface area (Å²) in [4.78, 5) is 30.6. The van der Waals surface area contributed by atoms with E-state index in [1.54, 1.807) is 0 Å². The van der Waals surface area contributed by atoms with Crippen LogP contribution in [0.3, 0.4) is 0 Å². The van der Waals surface area contributed by atoms with E-state index < -0.39 is 0 Å². The van der Waals surface area contributed by atoms with E-state index >= 15 is 0 Å². The van der Waals surface area contributed by atoms with Crippen molar-refractivity contribution in [3.8, 4) is 0 Å². The lowest BCUT2D eigenvalue weighted by atomic mass is 10.5. The Hall–Kier alpha value is -1.39. The molecule has 0 fully saturated rings. The van der Waals surface area contributed by atoms with Gasteiger partial charge in [-0.25, -0.2) is 0 Å². The van der Waals surface area contributed by atoms with Crippen molar-refractivity contribution >= 4 is 18.1 Å². The number of carbonyl (C=O) groups excluding carboxylic acids is 3. The summed E-state index contributed by atoms with van der Waals surface area (Å²) in [5.41, 5.74) is 0. The molecule has 0 unspecified atom stereocenters. The van der Waals surface area contributed by atoms with E-state index in [-0.39, 0.29) is 24.9 Å². The van der Waals surface area contributed by atoms with Gasteiger partial charge in [0.25, 0.3) is 0 Å². The van der Waals surface area contributed by atoms with Gasteiger partial charge in [0.15, 0.2) is 0 Å². The summed E-state index contributed by atoms with van der Waals surface area (Å²) in [6.07, 6.45) is 0.575. The minimum Gasteiger partial charge on any atom is -0.348 e. The Kier molecular flexibility index (Phi) is 4.72. The third kappa shape index (κ3) is 6.50. The maximum Gasteiger partial charge on any atom is 0.239 e. The molecule has 0 aromatic carbocycles. The van der Waals surface area contributed by atoms with Crippen LogP contribution in [0.5, 0.6) is 0 Å². The van der Waals surface area contributed by atoms with E-state index in [0.717, 1.165) is 0 Å². The highest BCUT2D eigenvalue weighted by Gasteiger charge is 1.98. The molecule has 0 aliphatic heterocycles. The Morgan fingerprint density at radius 1 is 1.36 bits per heavy atom. The molecule has 0 spiro atoms. The third-order valence-electron chi connectivity index (χ3n) is 0.880. The van der Waals surface area contributed by atoms with E-state index in [9.17, 15) is 14.4 Å². The molecule has 0 atom stereocenters. The molecule has 0 radical (unpaired) electrons. The number of amides is 2. The summed E-state index contributed by atoms with van der Waals surface area (Å²) in [7, 11) is 0. The van der Waals surface area contributed by atoms with Crippen LogP contribution in [0.1, 0.15) is 6.92 Å². The molecular weight excluding hydrogens is 148 g/mol. The highest BCUT2D eigenvalue weighted by Crippen LogP contribution is 1.63. The zero-order valence-corrected chi connectivity index (χ0v) is 6.22. The fourth-order valence-corrected chi connectivity index (χ4v) is 0.423. The normalized spacial score (nSPS) is 8.45. The first-order valence-corrected chi connectivity index (χ1v) is 3.11. The Balaban J connectivity index is 3.37. The Bertz CT molecular complexity index is 167. The molecule has 11 heavy (non-hydrogen) atoms. The van der Waals surface area contributed by atoms with Crippen LogP contribution >= 0.6 is 0 Å². The second kappa shape index (κ2) is 5.40. The molecule has 2 amide bonds. The first kappa shape index (κ1) is 9.61. The number of carbonyl (C=O) groups is 3. The molecule has 0 heterocycles. The molecule has 0 aliphatic carbocycles. The quantitative estimate of drug-likeness (QED) is 0.486. The highest BCUT2D eigenvalue weighted by molar-refractivity contribution is 5.84. The molecule has 62 valence electrons. The van der Waals surface area contributed by atoms with Crippen molar-refractivity contribution in [3.05, 3.63) is 0 Å². The lowest BCUT2D eigenvalue weighted by molar-refractivity contribution is -0.125. The summed E-state index contributed by atoms with van der Waals surface area (Å²) >= 11 is 0. The third-order valence-corrected chi connectivity index (χ3v) is 0.880. The lowest BCUT2D eigenvalue weighted by Gasteiger charge is -2.00. The average molecular weight is 158 g/mol. The zero-order chi connectivity index (χ0) is 8.69. The Morgan fingerprint density at radius 2 is 2.00 bits per heavy atom. The van der Waals surface area contributed by atoms with Gasteiger partial charge in [-0.2, -0.15) is 0 Å². The Morgan fingerprint density at radius 3 is 2.45 bits per heavy atom. The van der Waals surface area contributed by atoms with E-state index in [0.29, 0.717) is 6.29 Å². The minimum absolute atomic E-state index is 0.0155. The zero-order valence-electron chi connectivity index (χ0n) is 6.22. The maximum atomic E-state index is 10.6. The van der Waals surface area contributed by atoms with Gasteiger partial charge in [0.05, 0.1) is 13.1 Å².